The first-order valence-electron chi connectivity index (χ1n) is 9.26. The normalized spacial score (nSPS) is 12.0. The van der Waals surface area contributed by atoms with E-state index in [-0.39, 0.29) is 11.8 Å². The van der Waals surface area contributed by atoms with Gasteiger partial charge in [-0.05, 0) is 50.9 Å². The van der Waals surface area contributed by atoms with E-state index in [0.29, 0.717) is 23.1 Å². The van der Waals surface area contributed by atoms with Gasteiger partial charge in [-0.1, -0.05) is 41.9 Å². The zero-order chi connectivity index (χ0) is 21.2. The van der Waals surface area contributed by atoms with Crippen molar-refractivity contribution in [2.24, 2.45) is 0 Å². The van der Waals surface area contributed by atoms with E-state index in [1.54, 1.807) is 31.2 Å². The van der Waals surface area contributed by atoms with Gasteiger partial charge in [0.05, 0.1) is 5.02 Å². The highest BCUT2D eigenvalue weighted by Gasteiger charge is 2.15. The summed E-state index contributed by atoms with van der Waals surface area (Å²) in [4.78, 5) is 26.4. The molecule has 6 nitrogen and oxygen atoms in total. The van der Waals surface area contributed by atoms with Gasteiger partial charge in [-0.25, -0.2) is 0 Å². The first kappa shape index (κ1) is 22.5. The molecule has 0 saturated carbocycles. The number of rotatable bonds is 9. The Morgan fingerprint density at radius 2 is 1.90 bits per heavy atom. The number of carbonyl (C=O) groups is 2. The van der Waals surface area contributed by atoms with Crippen LogP contribution >= 0.6 is 11.6 Å². The van der Waals surface area contributed by atoms with Crippen molar-refractivity contribution in [3.63, 3.8) is 0 Å². The number of halogens is 1. The van der Waals surface area contributed by atoms with Gasteiger partial charge < -0.3 is 20.3 Å². The van der Waals surface area contributed by atoms with Crippen molar-refractivity contribution in [3.05, 3.63) is 65.2 Å². The molecule has 2 N–H and O–H groups in total. The second-order valence-electron chi connectivity index (χ2n) is 6.76. The average Bonchev–Trinajstić information content (AvgIpc) is 2.68. The second kappa shape index (κ2) is 11.2. The number of amides is 2. The summed E-state index contributed by atoms with van der Waals surface area (Å²) >= 11 is 6.22. The molecule has 2 amide bonds. The Hall–Kier alpha value is -2.83. The minimum atomic E-state index is -0.710. The standard InChI is InChI=1S/C22H26ClN3O3/c1-16(24-21(27)12-9-17-7-5-4-6-8-17)22(28)25-18-10-11-20(19(23)15-18)29-14-13-26(2)3/h4-12,15-16H,13-14H2,1-3H3,(H,24,27)(H,25,28)/b12-9+. The summed E-state index contributed by atoms with van der Waals surface area (Å²) in [7, 11) is 3.92. The summed E-state index contributed by atoms with van der Waals surface area (Å²) in [5.41, 5.74) is 1.43. The third kappa shape index (κ3) is 7.97. The minimum Gasteiger partial charge on any atom is -0.491 e. The molecule has 2 rings (SSSR count). The van der Waals surface area contributed by atoms with E-state index < -0.39 is 6.04 Å². The fourth-order valence-electron chi connectivity index (χ4n) is 2.35. The summed E-state index contributed by atoms with van der Waals surface area (Å²) < 4.78 is 5.62. The van der Waals surface area contributed by atoms with Crippen LogP contribution in [0.5, 0.6) is 5.75 Å². The van der Waals surface area contributed by atoms with Crippen molar-refractivity contribution >= 4 is 35.2 Å². The average molecular weight is 416 g/mol. The van der Waals surface area contributed by atoms with Crippen LogP contribution in [-0.4, -0.2) is 50.0 Å². The molecule has 29 heavy (non-hydrogen) atoms. The highest BCUT2D eigenvalue weighted by molar-refractivity contribution is 6.32. The Balaban J connectivity index is 1.86. The van der Waals surface area contributed by atoms with Gasteiger partial charge in [0.15, 0.2) is 0 Å². The second-order valence-corrected chi connectivity index (χ2v) is 7.17. The van der Waals surface area contributed by atoms with Crippen LogP contribution in [0.15, 0.2) is 54.6 Å². The van der Waals surface area contributed by atoms with E-state index in [1.165, 1.54) is 6.08 Å². The van der Waals surface area contributed by atoms with Gasteiger partial charge >= 0.3 is 0 Å². The third-order valence-electron chi connectivity index (χ3n) is 3.97. The van der Waals surface area contributed by atoms with Gasteiger partial charge in [0, 0.05) is 18.3 Å². The first-order chi connectivity index (χ1) is 13.8. The predicted octanol–water partition coefficient (Wildman–Crippen LogP) is 3.44. The van der Waals surface area contributed by atoms with Crippen molar-refractivity contribution in [1.82, 2.24) is 10.2 Å². The van der Waals surface area contributed by atoms with Crippen molar-refractivity contribution in [1.29, 1.82) is 0 Å². The molecule has 154 valence electrons. The number of hydrogen-bond donors (Lipinski definition) is 2. The SMILES string of the molecule is CC(NC(=O)/C=C/c1ccccc1)C(=O)Nc1ccc(OCCN(C)C)c(Cl)c1. The minimum absolute atomic E-state index is 0.344. The summed E-state index contributed by atoms with van der Waals surface area (Å²) in [5, 5.41) is 5.78. The number of carbonyl (C=O) groups excluding carboxylic acids is 2. The molecule has 0 aliphatic heterocycles. The summed E-state index contributed by atoms with van der Waals surface area (Å²) in [5.74, 6) is -0.137. The lowest BCUT2D eigenvalue weighted by atomic mass is 10.2. The van der Waals surface area contributed by atoms with Crippen LogP contribution in [0, 0.1) is 0 Å². The monoisotopic (exact) mass is 415 g/mol. The molecule has 2 aromatic carbocycles. The molecular formula is C22H26ClN3O3. The highest BCUT2D eigenvalue weighted by atomic mass is 35.5. The van der Waals surface area contributed by atoms with Crippen molar-refractivity contribution in [2.75, 3.05) is 32.6 Å². The molecule has 0 fully saturated rings. The molecular weight excluding hydrogens is 390 g/mol. The molecule has 0 heterocycles. The Morgan fingerprint density at radius 1 is 1.17 bits per heavy atom. The number of nitrogens with zero attached hydrogens (tertiary/aromatic N) is 1. The Kier molecular flexibility index (Phi) is 8.70. The molecule has 1 unspecified atom stereocenters. The van der Waals surface area contributed by atoms with E-state index in [1.807, 2.05) is 49.3 Å². The maximum atomic E-state index is 12.3. The lowest BCUT2D eigenvalue weighted by molar-refractivity contribution is -0.123. The van der Waals surface area contributed by atoms with Crippen molar-refractivity contribution < 1.29 is 14.3 Å². The maximum absolute atomic E-state index is 12.3. The molecule has 0 aliphatic rings. The summed E-state index contributed by atoms with van der Waals surface area (Å²) in [6.45, 7) is 2.90. The molecule has 0 aromatic heterocycles. The number of benzene rings is 2. The van der Waals surface area contributed by atoms with E-state index in [0.717, 1.165) is 12.1 Å². The maximum Gasteiger partial charge on any atom is 0.246 e. The van der Waals surface area contributed by atoms with Gasteiger partial charge in [0.2, 0.25) is 11.8 Å². The Bertz CT molecular complexity index is 854. The third-order valence-corrected chi connectivity index (χ3v) is 4.27. The summed E-state index contributed by atoms with van der Waals surface area (Å²) in [6, 6.07) is 13.8. The molecule has 0 radical (unpaired) electrons. The van der Waals surface area contributed by atoms with E-state index in [2.05, 4.69) is 10.6 Å². The molecule has 0 bridgehead atoms. The van der Waals surface area contributed by atoms with E-state index >= 15 is 0 Å². The Morgan fingerprint density at radius 3 is 2.55 bits per heavy atom. The number of hydrogen-bond acceptors (Lipinski definition) is 4. The lowest BCUT2D eigenvalue weighted by Crippen LogP contribution is -2.40. The zero-order valence-corrected chi connectivity index (χ0v) is 17.6. The zero-order valence-electron chi connectivity index (χ0n) is 16.8. The number of ether oxygens (including phenoxy) is 1. The van der Waals surface area contributed by atoms with E-state index in [4.69, 9.17) is 16.3 Å². The molecule has 2 aromatic rings. The van der Waals surface area contributed by atoms with Crippen LogP contribution < -0.4 is 15.4 Å². The summed E-state index contributed by atoms with van der Waals surface area (Å²) in [6.07, 6.45) is 3.09. The fraction of sp³-hybridized carbons (Fsp3) is 0.273. The van der Waals surface area contributed by atoms with Gasteiger partial charge in [-0.3, -0.25) is 9.59 Å². The molecule has 0 spiro atoms. The highest BCUT2D eigenvalue weighted by Crippen LogP contribution is 2.27. The fourth-order valence-corrected chi connectivity index (χ4v) is 2.58. The predicted molar refractivity (Wildman–Crippen MR) is 117 cm³/mol. The largest absolute Gasteiger partial charge is 0.491 e. The lowest BCUT2D eigenvalue weighted by Gasteiger charge is -2.15. The van der Waals surface area contributed by atoms with Crippen LogP contribution in [0.25, 0.3) is 6.08 Å². The molecule has 1 atom stereocenters. The van der Waals surface area contributed by atoms with Crippen LogP contribution in [0.2, 0.25) is 5.02 Å². The first-order valence-corrected chi connectivity index (χ1v) is 9.64. The smallest absolute Gasteiger partial charge is 0.246 e. The van der Waals surface area contributed by atoms with Crippen molar-refractivity contribution in [3.8, 4) is 5.75 Å². The van der Waals surface area contributed by atoms with Crippen molar-refractivity contribution in [2.45, 2.75) is 13.0 Å². The van der Waals surface area contributed by atoms with Gasteiger partial charge in [-0.15, -0.1) is 0 Å². The van der Waals surface area contributed by atoms with Crippen LogP contribution in [0.4, 0.5) is 5.69 Å². The number of likely N-dealkylation sites (N-methyl/N-ethyl adjacent to an activating group) is 1. The molecule has 7 heteroatoms. The number of nitrogens with one attached hydrogen (secondary N) is 2. The van der Waals surface area contributed by atoms with Gasteiger partial charge in [0.25, 0.3) is 0 Å². The van der Waals surface area contributed by atoms with Gasteiger partial charge in [-0.2, -0.15) is 0 Å². The topological polar surface area (TPSA) is 70.7 Å². The van der Waals surface area contributed by atoms with E-state index in [9.17, 15) is 9.59 Å². The number of anilines is 1. The molecule has 0 saturated heterocycles. The van der Waals surface area contributed by atoms with Gasteiger partial charge in [0.1, 0.15) is 18.4 Å². The molecule has 0 aliphatic carbocycles. The Labute approximate surface area is 176 Å². The van der Waals surface area contributed by atoms with Crippen LogP contribution in [-0.2, 0) is 9.59 Å². The van der Waals surface area contributed by atoms with Crippen LogP contribution in [0.3, 0.4) is 0 Å². The quantitative estimate of drug-likeness (QED) is 0.615. The van der Waals surface area contributed by atoms with Crippen LogP contribution in [0.1, 0.15) is 12.5 Å².